The van der Waals surface area contributed by atoms with Crippen LogP contribution in [-0.2, 0) is 25.8 Å². The van der Waals surface area contributed by atoms with Gasteiger partial charge in [0, 0.05) is 6.26 Å². The highest BCUT2D eigenvalue weighted by atomic mass is 32.2. The third-order valence-corrected chi connectivity index (χ3v) is 4.23. The lowest BCUT2D eigenvalue weighted by Crippen LogP contribution is -2.25. The third kappa shape index (κ3) is 3.80. The van der Waals surface area contributed by atoms with E-state index >= 15 is 0 Å². The molecule has 0 saturated carbocycles. The van der Waals surface area contributed by atoms with Crippen LogP contribution in [0.25, 0.3) is 0 Å². The van der Waals surface area contributed by atoms with Gasteiger partial charge in [-0.1, -0.05) is 0 Å². The summed E-state index contributed by atoms with van der Waals surface area (Å²) in [4.78, 5) is 29.4. The predicted molar refractivity (Wildman–Crippen MR) is 72.9 cm³/mol. The maximum atomic E-state index is 11.9. The Kier molecular flexibility index (Phi) is 4.88. The van der Waals surface area contributed by atoms with E-state index in [0.29, 0.717) is 0 Å². The molecule has 112 valence electrons. The first-order valence-corrected chi connectivity index (χ1v) is 7.85. The van der Waals surface area contributed by atoms with Crippen molar-refractivity contribution >= 4 is 21.6 Å². The molecule has 1 heterocycles. The first kappa shape index (κ1) is 16.2. The fraction of sp³-hybridized carbons (Fsp3) is 0.545. The molecule has 1 aromatic rings. The molecule has 0 spiro atoms. The van der Waals surface area contributed by atoms with Gasteiger partial charge in [-0.2, -0.15) is 0 Å². The largest absolute Gasteiger partial charge is 0.466 e. The average molecular weight is 303 g/mol. The molecule has 0 aromatic carbocycles. The molecule has 1 rings (SSSR count). The van der Waals surface area contributed by atoms with Crippen LogP contribution in [0.3, 0.4) is 0 Å². The number of aromatic amines is 1. The second-order valence-electron chi connectivity index (χ2n) is 4.27. The Labute approximate surface area is 116 Å². The summed E-state index contributed by atoms with van der Waals surface area (Å²) in [6.45, 7) is 3.21. The van der Waals surface area contributed by atoms with Gasteiger partial charge in [0.05, 0.1) is 18.6 Å². The predicted octanol–water partition coefficient (Wildman–Crippen LogP) is -0.437. The van der Waals surface area contributed by atoms with Crippen molar-refractivity contribution < 1.29 is 17.9 Å². The molecule has 0 aliphatic heterocycles. The highest BCUT2D eigenvalue weighted by molar-refractivity contribution is 7.90. The number of aromatic nitrogens is 2. The Balaban J connectivity index is 3.16. The zero-order valence-electron chi connectivity index (χ0n) is 11.5. The molecule has 0 radical (unpaired) electrons. The number of anilines is 1. The standard InChI is InChI=1S/C11H17N3O5S/c1-4-19-8(15)5-7-9(12)13-10(14-11(7)16)6(2)20(3,17)18/h6H,4-5H2,1-3H3,(H3,12,13,14,16). The minimum atomic E-state index is -3.41. The molecule has 1 atom stereocenters. The summed E-state index contributed by atoms with van der Waals surface area (Å²) in [7, 11) is -3.41. The number of nitrogens with zero attached hydrogens (tertiary/aromatic N) is 1. The number of nitrogens with two attached hydrogens (primary N) is 1. The first-order chi connectivity index (χ1) is 9.16. The number of hydrogen-bond acceptors (Lipinski definition) is 7. The van der Waals surface area contributed by atoms with Gasteiger partial charge in [-0.05, 0) is 13.8 Å². The summed E-state index contributed by atoms with van der Waals surface area (Å²) in [6, 6.07) is 0. The van der Waals surface area contributed by atoms with Crippen LogP contribution in [0.15, 0.2) is 4.79 Å². The molecular formula is C11H17N3O5S. The number of ether oxygens (including phenoxy) is 1. The Hall–Kier alpha value is -1.90. The molecule has 0 fully saturated rings. The molecule has 0 saturated heterocycles. The maximum Gasteiger partial charge on any atom is 0.310 e. The fourth-order valence-corrected chi connectivity index (χ4v) is 1.97. The summed E-state index contributed by atoms with van der Waals surface area (Å²) in [5, 5.41) is -0.992. The van der Waals surface area contributed by atoms with Gasteiger partial charge < -0.3 is 15.5 Å². The van der Waals surface area contributed by atoms with Gasteiger partial charge >= 0.3 is 5.97 Å². The van der Waals surface area contributed by atoms with Crippen molar-refractivity contribution in [1.29, 1.82) is 0 Å². The monoisotopic (exact) mass is 303 g/mol. The SMILES string of the molecule is CCOC(=O)Cc1c(N)nc(C(C)S(C)(=O)=O)[nH]c1=O. The molecule has 0 aliphatic carbocycles. The highest BCUT2D eigenvalue weighted by Gasteiger charge is 2.22. The van der Waals surface area contributed by atoms with E-state index in [1.54, 1.807) is 6.92 Å². The van der Waals surface area contributed by atoms with Crippen LogP contribution in [0.2, 0.25) is 0 Å². The topological polar surface area (TPSA) is 132 Å². The van der Waals surface area contributed by atoms with E-state index in [-0.39, 0.29) is 30.2 Å². The number of carbonyl (C=O) groups is 1. The Morgan fingerprint density at radius 2 is 2.10 bits per heavy atom. The van der Waals surface area contributed by atoms with Crippen molar-refractivity contribution in [1.82, 2.24) is 9.97 Å². The zero-order valence-corrected chi connectivity index (χ0v) is 12.3. The van der Waals surface area contributed by atoms with Crippen LogP contribution in [0.5, 0.6) is 0 Å². The second kappa shape index (κ2) is 6.04. The lowest BCUT2D eigenvalue weighted by atomic mass is 10.2. The molecule has 8 nitrogen and oxygen atoms in total. The number of sulfone groups is 1. The lowest BCUT2D eigenvalue weighted by molar-refractivity contribution is -0.142. The number of hydrogen-bond donors (Lipinski definition) is 2. The van der Waals surface area contributed by atoms with E-state index in [4.69, 9.17) is 10.5 Å². The van der Waals surface area contributed by atoms with E-state index in [9.17, 15) is 18.0 Å². The Bertz CT molecular complexity index is 665. The van der Waals surface area contributed by atoms with Gasteiger partial charge in [0.15, 0.2) is 9.84 Å². The van der Waals surface area contributed by atoms with Crippen LogP contribution in [0, 0.1) is 0 Å². The van der Waals surface area contributed by atoms with Gasteiger partial charge in [-0.25, -0.2) is 13.4 Å². The Morgan fingerprint density at radius 1 is 1.50 bits per heavy atom. The van der Waals surface area contributed by atoms with Crippen LogP contribution >= 0.6 is 0 Å². The van der Waals surface area contributed by atoms with Crippen molar-refractivity contribution in [3.8, 4) is 0 Å². The normalized spacial score (nSPS) is 12.9. The minimum absolute atomic E-state index is 0.0344. The van der Waals surface area contributed by atoms with Crippen LogP contribution in [0.1, 0.15) is 30.5 Å². The van der Waals surface area contributed by atoms with Gasteiger partial charge in [0.1, 0.15) is 16.9 Å². The smallest absolute Gasteiger partial charge is 0.310 e. The molecule has 9 heteroatoms. The van der Waals surface area contributed by atoms with E-state index in [1.165, 1.54) is 6.92 Å². The van der Waals surface area contributed by atoms with Crippen molar-refractivity contribution in [3.63, 3.8) is 0 Å². The number of nitrogens with one attached hydrogen (secondary N) is 1. The number of esters is 1. The van der Waals surface area contributed by atoms with E-state index in [2.05, 4.69) is 9.97 Å². The fourth-order valence-electron chi connectivity index (χ4n) is 1.46. The molecular weight excluding hydrogens is 286 g/mol. The van der Waals surface area contributed by atoms with Gasteiger partial charge in [-0.3, -0.25) is 9.59 Å². The molecule has 1 unspecified atom stereocenters. The summed E-state index contributed by atoms with van der Waals surface area (Å²) in [5.74, 6) is -0.828. The number of carbonyl (C=O) groups excluding carboxylic acids is 1. The number of nitrogen functional groups attached to an aromatic ring is 1. The maximum absolute atomic E-state index is 11.9. The summed E-state index contributed by atoms with van der Waals surface area (Å²) in [6.07, 6.45) is 0.718. The third-order valence-electron chi connectivity index (χ3n) is 2.72. The van der Waals surface area contributed by atoms with Crippen molar-refractivity contribution in [3.05, 3.63) is 21.7 Å². The van der Waals surface area contributed by atoms with Crippen LogP contribution in [0.4, 0.5) is 5.82 Å². The Morgan fingerprint density at radius 3 is 2.55 bits per heavy atom. The van der Waals surface area contributed by atoms with Crippen molar-refractivity contribution in [2.45, 2.75) is 25.5 Å². The van der Waals surface area contributed by atoms with Gasteiger partial charge in [-0.15, -0.1) is 0 Å². The molecule has 0 amide bonds. The molecule has 1 aromatic heterocycles. The van der Waals surface area contributed by atoms with Gasteiger partial charge in [0.25, 0.3) is 5.56 Å². The van der Waals surface area contributed by atoms with E-state index in [1.807, 2.05) is 0 Å². The highest BCUT2D eigenvalue weighted by Crippen LogP contribution is 2.17. The summed E-state index contributed by atoms with van der Waals surface area (Å²) in [5.41, 5.74) is 4.94. The summed E-state index contributed by atoms with van der Waals surface area (Å²) < 4.78 is 27.6. The first-order valence-electron chi connectivity index (χ1n) is 5.89. The quantitative estimate of drug-likeness (QED) is 0.705. The van der Waals surface area contributed by atoms with Crippen LogP contribution < -0.4 is 11.3 Å². The zero-order chi connectivity index (χ0) is 15.5. The number of rotatable bonds is 5. The number of H-pyrrole nitrogens is 1. The summed E-state index contributed by atoms with van der Waals surface area (Å²) >= 11 is 0. The average Bonchev–Trinajstić information content (AvgIpc) is 2.31. The van der Waals surface area contributed by atoms with Crippen molar-refractivity contribution in [2.75, 3.05) is 18.6 Å². The van der Waals surface area contributed by atoms with Crippen LogP contribution in [-0.4, -0.2) is 37.2 Å². The molecule has 0 aliphatic rings. The molecule has 3 N–H and O–H groups in total. The van der Waals surface area contributed by atoms with E-state index < -0.39 is 26.6 Å². The second-order valence-corrected chi connectivity index (χ2v) is 6.63. The molecule has 0 bridgehead atoms. The molecule has 20 heavy (non-hydrogen) atoms. The minimum Gasteiger partial charge on any atom is -0.466 e. The van der Waals surface area contributed by atoms with Crippen molar-refractivity contribution in [2.24, 2.45) is 0 Å². The van der Waals surface area contributed by atoms with Gasteiger partial charge in [0.2, 0.25) is 0 Å². The lowest BCUT2D eigenvalue weighted by Gasteiger charge is -2.11. The van der Waals surface area contributed by atoms with E-state index in [0.717, 1.165) is 6.26 Å².